The van der Waals surface area contributed by atoms with Crippen LogP contribution in [-0.2, 0) is 9.59 Å². The maximum absolute atomic E-state index is 12.1. The zero-order valence-electron chi connectivity index (χ0n) is 15.9. The van der Waals surface area contributed by atoms with Crippen LogP contribution in [0.5, 0.6) is 0 Å². The van der Waals surface area contributed by atoms with Crippen LogP contribution in [0.1, 0.15) is 71.1 Å². The van der Waals surface area contributed by atoms with Crippen molar-refractivity contribution in [1.29, 1.82) is 0 Å². The van der Waals surface area contributed by atoms with Gasteiger partial charge in [0.25, 0.3) is 5.79 Å². The fourth-order valence-electron chi connectivity index (χ4n) is 3.69. The monoisotopic (exact) mass is 366 g/mol. The molecule has 5 nitrogen and oxygen atoms in total. The summed E-state index contributed by atoms with van der Waals surface area (Å²) < 4.78 is 0. The zero-order valence-corrected chi connectivity index (χ0v) is 15.9. The zero-order chi connectivity index (χ0) is 19.6. The second-order valence-electron chi connectivity index (χ2n) is 7.44. The van der Waals surface area contributed by atoms with Gasteiger partial charge in [0.1, 0.15) is 5.78 Å². The molecule has 0 unspecified atom stereocenters. The van der Waals surface area contributed by atoms with E-state index in [0.29, 0.717) is 36.9 Å². The summed E-state index contributed by atoms with van der Waals surface area (Å²) in [5, 5.41) is 27.2. The number of carbonyl (C=O) groups is 2. The average Bonchev–Trinajstić information content (AvgIpc) is 2.93. The molecule has 1 saturated carbocycles. The number of carboxylic acids is 1. The van der Waals surface area contributed by atoms with Gasteiger partial charge in [-0.2, -0.15) is 0 Å². The molecular weight excluding hydrogens is 332 g/mol. The Morgan fingerprint density at radius 3 is 2.69 bits per heavy atom. The van der Waals surface area contributed by atoms with Crippen LogP contribution in [0.2, 0.25) is 0 Å². The molecule has 0 bridgehead atoms. The van der Waals surface area contributed by atoms with Gasteiger partial charge in [-0.15, -0.1) is 6.58 Å². The van der Waals surface area contributed by atoms with Crippen molar-refractivity contribution in [2.75, 3.05) is 0 Å². The SMILES string of the molecule is C=C[C@@H](CC=C[C@H]1CCC(=O)[C@@H]1CCCCCC(O)(O)C(=O)O)CCC. The summed E-state index contributed by atoms with van der Waals surface area (Å²) in [6.07, 6.45) is 13.7. The second-order valence-corrected chi connectivity index (χ2v) is 7.44. The van der Waals surface area contributed by atoms with E-state index in [2.05, 4.69) is 25.7 Å². The van der Waals surface area contributed by atoms with Crippen LogP contribution in [0, 0.1) is 17.8 Å². The highest BCUT2D eigenvalue weighted by Gasteiger charge is 2.33. The molecule has 0 spiro atoms. The number of allylic oxidation sites excluding steroid dienone is 3. The number of aliphatic carboxylic acids is 1. The molecule has 1 aliphatic carbocycles. The summed E-state index contributed by atoms with van der Waals surface area (Å²) in [5.41, 5.74) is 0. The summed E-state index contributed by atoms with van der Waals surface area (Å²) in [5.74, 6) is -3.10. The van der Waals surface area contributed by atoms with Crippen molar-refractivity contribution < 1.29 is 24.9 Å². The van der Waals surface area contributed by atoms with Crippen molar-refractivity contribution in [2.45, 2.75) is 76.9 Å². The molecule has 0 aromatic carbocycles. The number of aliphatic hydroxyl groups is 2. The number of Topliss-reactive ketones (excluding diaryl/α,β-unsaturated/α-hetero) is 1. The van der Waals surface area contributed by atoms with E-state index in [9.17, 15) is 19.8 Å². The van der Waals surface area contributed by atoms with Gasteiger partial charge >= 0.3 is 5.97 Å². The molecule has 0 aliphatic heterocycles. The van der Waals surface area contributed by atoms with E-state index in [1.54, 1.807) is 0 Å². The van der Waals surface area contributed by atoms with Gasteiger partial charge in [0.05, 0.1) is 0 Å². The van der Waals surface area contributed by atoms with Gasteiger partial charge in [-0.3, -0.25) is 4.79 Å². The highest BCUT2D eigenvalue weighted by Crippen LogP contribution is 2.34. The van der Waals surface area contributed by atoms with Crippen LogP contribution in [0.25, 0.3) is 0 Å². The lowest BCUT2D eigenvalue weighted by Crippen LogP contribution is -2.37. The second kappa shape index (κ2) is 11.3. The fraction of sp³-hybridized carbons (Fsp3) is 0.714. The minimum atomic E-state index is -2.64. The third-order valence-corrected chi connectivity index (χ3v) is 5.35. The first kappa shape index (κ1) is 22.6. The van der Waals surface area contributed by atoms with Crippen molar-refractivity contribution in [3.8, 4) is 0 Å². The van der Waals surface area contributed by atoms with E-state index in [4.69, 9.17) is 5.11 Å². The minimum Gasteiger partial charge on any atom is -0.477 e. The quantitative estimate of drug-likeness (QED) is 0.261. The molecule has 26 heavy (non-hydrogen) atoms. The van der Waals surface area contributed by atoms with Crippen LogP contribution in [0.15, 0.2) is 24.8 Å². The number of carboxylic acid groups (broad SMARTS) is 1. The molecule has 1 rings (SSSR count). The molecule has 0 saturated heterocycles. The van der Waals surface area contributed by atoms with Crippen molar-refractivity contribution in [3.63, 3.8) is 0 Å². The van der Waals surface area contributed by atoms with Crippen molar-refractivity contribution in [1.82, 2.24) is 0 Å². The number of ketones is 1. The summed E-state index contributed by atoms with van der Waals surface area (Å²) in [7, 11) is 0. The summed E-state index contributed by atoms with van der Waals surface area (Å²) >= 11 is 0. The highest BCUT2D eigenvalue weighted by atomic mass is 16.5. The van der Waals surface area contributed by atoms with E-state index in [1.165, 1.54) is 0 Å². The van der Waals surface area contributed by atoms with Crippen molar-refractivity contribution in [3.05, 3.63) is 24.8 Å². The van der Waals surface area contributed by atoms with E-state index in [0.717, 1.165) is 38.5 Å². The molecule has 3 atom stereocenters. The summed E-state index contributed by atoms with van der Waals surface area (Å²) in [6, 6.07) is 0. The van der Waals surface area contributed by atoms with Gasteiger partial charge in [-0.05, 0) is 43.9 Å². The Kier molecular flexibility index (Phi) is 9.81. The van der Waals surface area contributed by atoms with Crippen LogP contribution in [-0.4, -0.2) is 32.9 Å². The van der Waals surface area contributed by atoms with E-state index >= 15 is 0 Å². The maximum atomic E-state index is 12.1. The van der Waals surface area contributed by atoms with Gasteiger partial charge in [0.2, 0.25) is 0 Å². The maximum Gasteiger partial charge on any atom is 0.364 e. The van der Waals surface area contributed by atoms with E-state index in [-0.39, 0.29) is 12.3 Å². The van der Waals surface area contributed by atoms with Crippen LogP contribution in [0.4, 0.5) is 0 Å². The number of rotatable bonds is 13. The lowest BCUT2D eigenvalue weighted by Gasteiger charge is -2.17. The van der Waals surface area contributed by atoms with Crippen LogP contribution >= 0.6 is 0 Å². The molecule has 148 valence electrons. The lowest BCUT2D eigenvalue weighted by atomic mass is 9.88. The number of hydrogen-bond donors (Lipinski definition) is 3. The van der Waals surface area contributed by atoms with Crippen molar-refractivity contribution in [2.24, 2.45) is 17.8 Å². The predicted octanol–water partition coefficient (Wildman–Crippen LogP) is 3.85. The first-order valence-electron chi connectivity index (χ1n) is 9.81. The standard InChI is InChI=1S/C21H34O5/c1-3-9-16(4-2)10-8-11-17-13-14-19(22)18(17)12-6-5-7-15-21(25,26)20(23)24/h4,8,11,16-18,25-26H,2-3,5-7,9-10,12-15H2,1H3,(H,23,24)/t16-,17+,18-/m1/s1. The van der Waals surface area contributed by atoms with E-state index < -0.39 is 11.8 Å². The topological polar surface area (TPSA) is 94.8 Å². The largest absolute Gasteiger partial charge is 0.477 e. The average molecular weight is 366 g/mol. The lowest BCUT2D eigenvalue weighted by molar-refractivity contribution is -0.205. The Balaban J connectivity index is 2.38. The normalized spacial score (nSPS) is 22.0. The number of hydrogen-bond acceptors (Lipinski definition) is 4. The highest BCUT2D eigenvalue weighted by molar-refractivity contribution is 5.83. The molecule has 3 N–H and O–H groups in total. The molecule has 0 heterocycles. The Morgan fingerprint density at radius 2 is 2.08 bits per heavy atom. The van der Waals surface area contributed by atoms with Gasteiger partial charge in [0, 0.05) is 18.8 Å². The summed E-state index contributed by atoms with van der Waals surface area (Å²) in [6.45, 7) is 6.05. The Bertz CT molecular complexity index is 495. The third-order valence-electron chi connectivity index (χ3n) is 5.35. The van der Waals surface area contributed by atoms with Gasteiger partial charge in [0.15, 0.2) is 0 Å². The van der Waals surface area contributed by atoms with Crippen LogP contribution in [0.3, 0.4) is 0 Å². The van der Waals surface area contributed by atoms with Gasteiger partial charge in [-0.25, -0.2) is 4.79 Å². The number of unbranched alkanes of at least 4 members (excludes halogenated alkanes) is 2. The summed E-state index contributed by atoms with van der Waals surface area (Å²) in [4.78, 5) is 22.8. The predicted molar refractivity (Wildman–Crippen MR) is 101 cm³/mol. The molecule has 5 heteroatoms. The van der Waals surface area contributed by atoms with E-state index in [1.807, 2.05) is 6.08 Å². The number of carbonyl (C=O) groups excluding carboxylic acids is 1. The molecule has 0 aromatic heterocycles. The Labute approximate surface area is 156 Å². The molecule has 0 amide bonds. The van der Waals surface area contributed by atoms with Crippen molar-refractivity contribution >= 4 is 11.8 Å². The first-order chi connectivity index (χ1) is 12.3. The minimum absolute atomic E-state index is 0.0482. The molecule has 1 aliphatic rings. The smallest absolute Gasteiger partial charge is 0.364 e. The molecule has 0 aromatic rings. The van der Waals surface area contributed by atoms with Gasteiger partial charge < -0.3 is 15.3 Å². The Morgan fingerprint density at radius 1 is 1.35 bits per heavy atom. The van der Waals surface area contributed by atoms with Crippen LogP contribution < -0.4 is 0 Å². The Hall–Kier alpha value is -1.46. The first-order valence-corrected chi connectivity index (χ1v) is 9.81. The molecule has 0 radical (unpaired) electrons. The molecular formula is C21H34O5. The fourth-order valence-corrected chi connectivity index (χ4v) is 3.69. The van der Waals surface area contributed by atoms with Gasteiger partial charge in [-0.1, -0.05) is 44.4 Å². The third kappa shape index (κ3) is 7.42. The molecule has 1 fully saturated rings.